The number of amides is 3. The van der Waals surface area contributed by atoms with Gasteiger partial charge in [0.2, 0.25) is 0 Å². The van der Waals surface area contributed by atoms with Gasteiger partial charge >= 0.3 is 24.2 Å². The second kappa shape index (κ2) is 15.8. The summed E-state index contributed by atoms with van der Waals surface area (Å²) in [4.78, 5) is 52.8. The molecule has 228 valence electrons. The Morgan fingerprint density at radius 3 is 1.88 bits per heavy atom. The Morgan fingerprint density at radius 2 is 1.33 bits per heavy atom. The van der Waals surface area contributed by atoms with Crippen LogP contribution in [0.3, 0.4) is 0 Å². The monoisotopic (exact) mass is 591 g/mol. The molecule has 3 aromatic rings. The SMILES string of the molecule is COC(=O)[C@H]([C@H](NC(=O)OC(C)(C)C)c1ccccc1)N(NC(=O)OCCc1ccccc1)C(=O)OCc1ccccc1. The molecule has 0 unspecified atom stereocenters. The molecule has 0 aliphatic rings. The van der Waals surface area contributed by atoms with E-state index in [-0.39, 0.29) is 13.2 Å². The summed E-state index contributed by atoms with van der Waals surface area (Å²) in [7, 11) is 1.12. The molecule has 2 N–H and O–H groups in total. The van der Waals surface area contributed by atoms with Crippen molar-refractivity contribution in [2.75, 3.05) is 13.7 Å². The number of hydrogen-bond acceptors (Lipinski definition) is 8. The number of nitrogens with zero attached hydrogens (tertiary/aromatic N) is 1. The fraction of sp³-hybridized carbons (Fsp3) is 0.312. The van der Waals surface area contributed by atoms with Gasteiger partial charge in [0, 0.05) is 6.42 Å². The highest BCUT2D eigenvalue weighted by Gasteiger charge is 2.42. The summed E-state index contributed by atoms with van der Waals surface area (Å²) in [6.07, 6.45) is -2.56. The molecule has 3 rings (SSSR count). The number of rotatable bonds is 10. The van der Waals surface area contributed by atoms with Crippen molar-refractivity contribution >= 4 is 24.2 Å². The summed E-state index contributed by atoms with van der Waals surface area (Å²) in [5.41, 5.74) is 3.50. The zero-order valence-corrected chi connectivity index (χ0v) is 24.6. The second-order valence-corrected chi connectivity index (χ2v) is 10.4. The molecule has 0 aromatic heterocycles. The predicted molar refractivity (Wildman–Crippen MR) is 157 cm³/mol. The van der Waals surface area contributed by atoms with E-state index in [9.17, 15) is 19.2 Å². The standard InChI is InChI=1S/C32H37N3O8/c1-32(2,3)43-29(37)33-26(25-18-12-7-13-19-25)27(28(36)40-4)35(31(39)42-22-24-16-10-6-11-17-24)34-30(38)41-21-20-23-14-8-5-9-15-23/h5-19,26-27H,20-22H2,1-4H3,(H,33,37)(H,34,38)/t26-,27+/m1/s1. The molecule has 11 heteroatoms. The highest BCUT2D eigenvalue weighted by molar-refractivity contribution is 5.85. The molecule has 0 aliphatic carbocycles. The third kappa shape index (κ3) is 10.7. The molecule has 0 aliphatic heterocycles. The molecule has 0 saturated carbocycles. The first-order valence-corrected chi connectivity index (χ1v) is 13.7. The number of esters is 1. The van der Waals surface area contributed by atoms with E-state index in [0.29, 0.717) is 22.6 Å². The lowest BCUT2D eigenvalue weighted by molar-refractivity contribution is -0.148. The molecular formula is C32H37N3O8. The molecule has 3 amide bonds. The summed E-state index contributed by atoms with van der Waals surface area (Å²) in [5, 5.41) is 3.31. The van der Waals surface area contributed by atoms with Crippen molar-refractivity contribution in [1.29, 1.82) is 0 Å². The lowest BCUT2D eigenvalue weighted by Crippen LogP contribution is -2.60. The number of methoxy groups -OCH3 is 1. The van der Waals surface area contributed by atoms with E-state index in [1.54, 1.807) is 75.4 Å². The number of carbonyl (C=O) groups is 4. The number of ether oxygens (including phenoxy) is 4. The van der Waals surface area contributed by atoms with Crippen LogP contribution in [0.4, 0.5) is 14.4 Å². The van der Waals surface area contributed by atoms with Crippen LogP contribution in [0.2, 0.25) is 0 Å². The molecule has 0 spiro atoms. The summed E-state index contributed by atoms with van der Waals surface area (Å²) >= 11 is 0. The summed E-state index contributed by atoms with van der Waals surface area (Å²) in [6.45, 7) is 4.88. The highest BCUT2D eigenvalue weighted by Crippen LogP contribution is 2.24. The van der Waals surface area contributed by atoms with E-state index in [2.05, 4.69) is 10.7 Å². The van der Waals surface area contributed by atoms with E-state index >= 15 is 0 Å². The Labute approximate surface area is 251 Å². The van der Waals surface area contributed by atoms with Crippen LogP contribution >= 0.6 is 0 Å². The van der Waals surface area contributed by atoms with Crippen LogP contribution in [0.1, 0.15) is 43.5 Å². The van der Waals surface area contributed by atoms with Crippen LogP contribution in [0.5, 0.6) is 0 Å². The number of nitrogens with one attached hydrogen (secondary N) is 2. The average molecular weight is 592 g/mol. The van der Waals surface area contributed by atoms with Gasteiger partial charge in [-0.3, -0.25) is 0 Å². The molecule has 11 nitrogen and oxygen atoms in total. The topological polar surface area (TPSA) is 132 Å². The summed E-state index contributed by atoms with van der Waals surface area (Å²) in [5.74, 6) is -0.953. The van der Waals surface area contributed by atoms with Gasteiger partial charge in [0.1, 0.15) is 12.2 Å². The second-order valence-electron chi connectivity index (χ2n) is 10.4. The molecule has 43 heavy (non-hydrogen) atoms. The number of alkyl carbamates (subject to hydrolysis) is 1. The summed E-state index contributed by atoms with van der Waals surface area (Å²) < 4.78 is 21.3. The van der Waals surface area contributed by atoms with Crippen molar-refractivity contribution in [2.24, 2.45) is 0 Å². The predicted octanol–water partition coefficient (Wildman–Crippen LogP) is 5.32. The third-order valence-electron chi connectivity index (χ3n) is 5.95. The molecule has 3 aromatic carbocycles. The molecule has 0 heterocycles. The molecule has 0 fully saturated rings. The molecule has 0 radical (unpaired) electrons. The van der Waals surface area contributed by atoms with E-state index in [4.69, 9.17) is 18.9 Å². The van der Waals surface area contributed by atoms with Crippen LogP contribution in [0.15, 0.2) is 91.0 Å². The van der Waals surface area contributed by atoms with Crippen LogP contribution in [-0.4, -0.2) is 54.6 Å². The molecule has 2 atom stereocenters. The quantitative estimate of drug-likeness (QED) is 0.184. The molecule has 0 bridgehead atoms. The Morgan fingerprint density at radius 1 is 0.767 bits per heavy atom. The highest BCUT2D eigenvalue weighted by atomic mass is 16.6. The minimum absolute atomic E-state index is 0.0100. The fourth-order valence-electron chi connectivity index (χ4n) is 4.01. The van der Waals surface area contributed by atoms with Gasteiger partial charge in [-0.05, 0) is 37.5 Å². The molecular weight excluding hydrogens is 554 g/mol. The lowest BCUT2D eigenvalue weighted by Gasteiger charge is -2.34. The van der Waals surface area contributed by atoms with Crippen molar-refractivity contribution in [1.82, 2.24) is 15.8 Å². The largest absolute Gasteiger partial charge is 0.467 e. The van der Waals surface area contributed by atoms with Gasteiger partial charge in [0.15, 0.2) is 6.04 Å². The maximum atomic E-state index is 13.5. The van der Waals surface area contributed by atoms with Crippen LogP contribution in [0.25, 0.3) is 0 Å². The van der Waals surface area contributed by atoms with Crippen molar-refractivity contribution in [2.45, 2.75) is 51.5 Å². The first-order chi connectivity index (χ1) is 20.6. The number of hydrazine groups is 1. The number of benzene rings is 3. The average Bonchev–Trinajstić information content (AvgIpc) is 2.99. The van der Waals surface area contributed by atoms with Gasteiger partial charge in [0.05, 0.1) is 19.8 Å². The fourth-order valence-corrected chi connectivity index (χ4v) is 4.01. The maximum absolute atomic E-state index is 13.5. The normalized spacial score (nSPS) is 12.2. The number of carbonyl (C=O) groups excluding carboxylic acids is 4. The molecule has 0 saturated heterocycles. The van der Waals surface area contributed by atoms with E-state index in [1.807, 2.05) is 36.4 Å². The van der Waals surface area contributed by atoms with E-state index in [0.717, 1.165) is 12.7 Å². The van der Waals surface area contributed by atoms with Crippen molar-refractivity contribution in [3.05, 3.63) is 108 Å². The van der Waals surface area contributed by atoms with Gasteiger partial charge in [-0.2, -0.15) is 5.01 Å². The van der Waals surface area contributed by atoms with Crippen LogP contribution < -0.4 is 10.7 Å². The van der Waals surface area contributed by atoms with Crippen molar-refractivity contribution in [3.63, 3.8) is 0 Å². The first kappa shape index (κ1) is 32.5. The van der Waals surface area contributed by atoms with Gasteiger partial charge in [-0.15, -0.1) is 0 Å². The smallest absolute Gasteiger partial charge is 0.430 e. The van der Waals surface area contributed by atoms with Crippen LogP contribution in [-0.2, 0) is 36.8 Å². The number of hydrogen-bond donors (Lipinski definition) is 2. The zero-order valence-electron chi connectivity index (χ0n) is 24.6. The van der Waals surface area contributed by atoms with Gasteiger partial charge in [-0.1, -0.05) is 91.0 Å². The van der Waals surface area contributed by atoms with Gasteiger partial charge in [0.25, 0.3) is 0 Å². The van der Waals surface area contributed by atoms with Gasteiger partial charge in [-0.25, -0.2) is 24.6 Å². The minimum Gasteiger partial charge on any atom is -0.467 e. The zero-order chi connectivity index (χ0) is 31.2. The lowest BCUT2D eigenvalue weighted by atomic mass is 9.99. The van der Waals surface area contributed by atoms with Crippen molar-refractivity contribution < 1.29 is 38.1 Å². The Kier molecular flexibility index (Phi) is 11.9. The van der Waals surface area contributed by atoms with E-state index in [1.165, 1.54) is 0 Å². The maximum Gasteiger partial charge on any atom is 0.430 e. The third-order valence-corrected chi connectivity index (χ3v) is 5.95. The van der Waals surface area contributed by atoms with E-state index < -0.39 is 41.9 Å². The van der Waals surface area contributed by atoms with Crippen molar-refractivity contribution in [3.8, 4) is 0 Å². The Bertz CT molecular complexity index is 1330. The van der Waals surface area contributed by atoms with Crippen LogP contribution in [0, 0.1) is 0 Å². The summed E-state index contributed by atoms with van der Waals surface area (Å²) in [6, 6.07) is 23.8. The first-order valence-electron chi connectivity index (χ1n) is 13.7. The van der Waals surface area contributed by atoms with Gasteiger partial charge < -0.3 is 24.3 Å². The minimum atomic E-state index is -1.63. The Hall–Kier alpha value is -5.06. The Balaban J connectivity index is 1.93.